The van der Waals surface area contributed by atoms with Gasteiger partial charge in [0, 0.05) is 37.9 Å². The highest BCUT2D eigenvalue weighted by Gasteiger charge is 2.27. The fourth-order valence-corrected chi connectivity index (χ4v) is 3.67. The van der Waals surface area contributed by atoms with Crippen LogP contribution < -0.4 is 4.90 Å². The Morgan fingerprint density at radius 3 is 2.23 bits per heavy atom. The van der Waals surface area contributed by atoms with Crippen molar-refractivity contribution in [2.24, 2.45) is 0 Å². The van der Waals surface area contributed by atoms with Crippen LogP contribution in [-0.4, -0.2) is 56.7 Å². The van der Waals surface area contributed by atoms with Crippen LogP contribution in [0.4, 0.5) is 19.0 Å². The molecule has 0 bridgehead atoms. The predicted molar refractivity (Wildman–Crippen MR) is 108 cm³/mol. The maximum atomic E-state index is 14.0. The van der Waals surface area contributed by atoms with Crippen LogP contribution in [0.25, 0.3) is 5.82 Å². The number of halogens is 3. The molecule has 7 nitrogen and oxygen atoms in total. The maximum Gasteiger partial charge on any atom is 0.257 e. The predicted octanol–water partition coefficient (Wildman–Crippen LogP) is 2.97. The molecule has 1 aromatic carbocycles. The average molecular weight is 430 g/mol. The van der Waals surface area contributed by atoms with Gasteiger partial charge in [-0.25, -0.2) is 27.8 Å². The van der Waals surface area contributed by atoms with Gasteiger partial charge < -0.3 is 9.80 Å². The first-order chi connectivity index (χ1) is 14.7. The summed E-state index contributed by atoms with van der Waals surface area (Å²) in [4.78, 5) is 25.0. The van der Waals surface area contributed by atoms with Crippen molar-refractivity contribution in [1.29, 1.82) is 0 Å². The number of hydrogen-bond acceptors (Lipinski definition) is 5. The zero-order valence-corrected chi connectivity index (χ0v) is 17.4. The summed E-state index contributed by atoms with van der Waals surface area (Å²) in [6.07, 6.45) is 0. The second kappa shape index (κ2) is 8.01. The van der Waals surface area contributed by atoms with E-state index in [0.717, 1.165) is 23.5 Å². The van der Waals surface area contributed by atoms with E-state index in [0.29, 0.717) is 30.5 Å². The Labute approximate surface area is 177 Å². The van der Waals surface area contributed by atoms with Crippen LogP contribution in [0, 0.1) is 38.2 Å². The van der Waals surface area contributed by atoms with Gasteiger partial charge in [-0.05, 0) is 39.0 Å². The number of rotatable bonds is 3. The molecule has 0 radical (unpaired) electrons. The van der Waals surface area contributed by atoms with E-state index in [1.165, 1.54) is 4.90 Å². The van der Waals surface area contributed by atoms with Crippen LogP contribution in [0.15, 0.2) is 24.3 Å². The third-order valence-corrected chi connectivity index (χ3v) is 5.19. The molecular formula is C21H21F3N6O. The molecule has 1 amide bonds. The molecule has 0 atom stereocenters. The number of benzene rings is 1. The molecule has 1 aliphatic rings. The van der Waals surface area contributed by atoms with Gasteiger partial charge in [0.25, 0.3) is 5.91 Å². The maximum absolute atomic E-state index is 14.0. The Hall–Kier alpha value is -3.43. The minimum atomic E-state index is -1.64. The summed E-state index contributed by atoms with van der Waals surface area (Å²) < 4.78 is 42.4. The second-order valence-electron chi connectivity index (χ2n) is 7.47. The number of hydrogen-bond donors (Lipinski definition) is 0. The first-order valence-electron chi connectivity index (χ1n) is 9.81. The van der Waals surface area contributed by atoms with E-state index in [9.17, 15) is 18.0 Å². The van der Waals surface area contributed by atoms with Crippen molar-refractivity contribution in [3.63, 3.8) is 0 Å². The quantitative estimate of drug-likeness (QED) is 0.598. The van der Waals surface area contributed by atoms with Crippen molar-refractivity contribution in [2.45, 2.75) is 20.8 Å². The molecule has 3 heterocycles. The summed E-state index contributed by atoms with van der Waals surface area (Å²) in [5.41, 5.74) is 1.36. The Bertz CT molecular complexity index is 1150. The molecule has 3 aromatic rings. The van der Waals surface area contributed by atoms with Gasteiger partial charge in [-0.15, -0.1) is 0 Å². The molecule has 1 fully saturated rings. The number of aryl methyl sites for hydroxylation is 3. The number of amides is 1. The van der Waals surface area contributed by atoms with E-state index in [4.69, 9.17) is 0 Å². The van der Waals surface area contributed by atoms with Gasteiger partial charge in [0.15, 0.2) is 23.3 Å². The number of nitrogens with zero attached hydrogens (tertiary/aromatic N) is 6. The lowest BCUT2D eigenvalue weighted by atomic mass is 10.1. The lowest BCUT2D eigenvalue weighted by molar-refractivity contribution is 0.0740. The van der Waals surface area contributed by atoms with Crippen molar-refractivity contribution < 1.29 is 18.0 Å². The molecular weight excluding hydrogens is 409 g/mol. The number of aromatic nitrogens is 4. The summed E-state index contributed by atoms with van der Waals surface area (Å²) >= 11 is 0. The van der Waals surface area contributed by atoms with E-state index in [1.54, 1.807) is 11.6 Å². The van der Waals surface area contributed by atoms with Crippen LogP contribution in [0.1, 0.15) is 27.6 Å². The molecule has 31 heavy (non-hydrogen) atoms. The van der Waals surface area contributed by atoms with Crippen LogP contribution >= 0.6 is 0 Å². The molecule has 4 rings (SSSR count). The van der Waals surface area contributed by atoms with Crippen LogP contribution in [-0.2, 0) is 0 Å². The number of piperazine rings is 1. The van der Waals surface area contributed by atoms with Crippen molar-refractivity contribution in [2.75, 3.05) is 31.1 Å². The Kier molecular flexibility index (Phi) is 5.38. The number of carbonyl (C=O) groups is 1. The lowest BCUT2D eigenvalue weighted by Gasteiger charge is -2.35. The fourth-order valence-electron chi connectivity index (χ4n) is 3.67. The van der Waals surface area contributed by atoms with Gasteiger partial charge >= 0.3 is 0 Å². The molecule has 1 saturated heterocycles. The highest BCUT2D eigenvalue weighted by atomic mass is 19.2. The highest BCUT2D eigenvalue weighted by molar-refractivity contribution is 5.94. The molecule has 1 aliphatic heterocycles. The van der Waals surface area contributed by atoms with Gasteiger partial charge in [-0.3, -0.25) is 4.79 Å². The van der Waals surface area contributed by atoms with E-state index in [1.807, 2.05) is 30.9 Å². The van der Waals surface area contributed by atoms with Crippen molar-refractivity contribution in [3.05, 3.63) is 64.5 Å². The molecule has 0 unspecified atom stereocenters. The van der Waals surface area contributed by atoms with E-state index >= 15 is 0 Å². The third-order valence-electron chi connectivity index (χ3n) is 5.19. The second-order valence-corrected chi connectivity index (χ2v) is 7.47. The van der Waals surface area contributed by atoms with E-state index in [-0.39, 0.29) is 13.1 Å². The third kappa shape index (κ3) is 3.97. The minimum Gasteiger partial charge on any atom is -0.353 e. The first kappa shape index (κ1) is 20.8. The molecule has 0 aliphatic carbocycles. The van der Waals surface area contributed by atoms with Crippen molar-refractivity contribution in [3.8, 4) is 5.82 Å². The highest BCUT2D eigenvalue weighted by Crippen LogP contribution is 2.21. The summed E-state index contributed by atoms with van der Waals surface area (Å²) in [5.74, 6) is -3.17. The van der Waals surface area contributed by atoms with E-state index in [2.05, 4.69) is 15.1 Å². The average Bonchev–Trinajstić information content (AvgIpc) is 3.09. The monoisotopic (exact) mass is 430 g/mol. The number of carbonyl (C=O) groups excluding carboxylic acids is 1. The Morgan fingerprint density at radius 2 is 1.58 bits per heavy atom. The largest absolute Gasteiger partial charge is 0.353 e. The van der Waals surface area contributed by atoms with Crippen LogP contribution in [0.2, 0.25) is 0 Å². The Morgan fingerprint density at radius 1 is 0.903 bits per heavy atom. The zero-order valence-electron chi connectivity index (χ0n) is 17.4. The van der Waals surface area contributed by atoms with Gasteiger partial charge in [0.2, 0.25) is 0 Å². The molecule has 2 aromatic heterocycles. The molecule has 10 heteroatoms. The number of anilines is 1. The normalized spacial score (nSPS) is 14.3. The van der Waals surface area contributed by atoms with Gasteiger partial charge in [-0.2, -0.15) is 5.10 Å². The van der Waals surface area contributed by atoms with Gasteiger partial charge in [0.1, 0.15) is 11.6 Å². The van der Waals surface area contributed by atoms with Crippen molar-refractivity contribution in [1.82, 2.24) is 24.6 Å². The standard InChI is InChI=1S/C21H21F3N6O/c1-12-10-13(2)30(27-12)18-11-17(25-14(3)26-18)28-6-8-29(9-7-28)21(31)15-4-5-16(22)20(24)19(15)23/h4-5,10-11H,6-9H2,1-3H3. The lowest BCUT2D eigenvalue weighted by Crippen LogP contribution is -2.49. The van der Waals surface area contributed by atoms with Gasteiger partial charge in [-0.1, -0.05) is 0 Å². The fraction of sp³-hybridized carbons (Fsp3) is 0.333. The zero-order chi connectivity index (χ0) is 22.3. The molecule has 0 saturated carbocycles. The van der Waals surface area contributed by atoms with Crippen molar-refractivity contribution >= 4 is 11.7 Å². The smallest absolute Gasteiger partial charge is 0.257 e. The molecule has 0 N–H and O–H groups in total. The van der Waals surface area contributed by atoms with Gasteiger partial charge in [0.05, 0.1) is 11.3 Å². The molecule has 162 valence electrons. The Balaban J connectivity index is 1.51. The topological polar surface area (TPSA) is 67.2 Å². The summed E-state index contributed by atoms with van der Waals surface area (Å²) in [5, 5.41) is 4.46. The summed E-state index contributed by atoms with van der Waals surface area (Å²) in [7, 11) is 0. The van der Waals surface area contributed by atoms with Crippen LogP contribution in [0.3, 0.4) is 0 Å². The summed E-state index contributed by atoms with van der Waals surface area (Å²) in [6.45, 7) is 7.12. The molecule has 0 spiro atoms. The summed E-state index contributed by atoms with van der Waals surface area (Å²) in [6, 6.07) is 5.51. The SMILES string of the molecule is Cc1cc(C)n(-c2cc(N3CCN(C(=O)c4ccc(F)c(F)c4F)CC3)nc(C)n2)n1. The minimum absolute atomic E-state index is 0.287. The van der Waals surface area contributed by atoms with E-state index < -0.39 is 28.9 Å². The first-order valence-corrected chi connectivity index (χ1v) is 9.81. The van der Waals surface area contributed by atoms with Crippen LogP contribution in [0.5, 0.6) is 0 Å².